The second-order valence-electron chi connectivity index (χ2n) is 10.2. The van der Waals surface area contributed by atoms with Gasteiger partial charge in [-0.2, -0.15) is 0 Å². The number of nitrogens with zero attached hydrogens (tertiary/aromatic N) is 1. The van der Waals surface area contributed by atoms with Crippen LogP contribution in [0.25, 0.3) is 0 Å². The van der Waals surface area contributed by atoms with E-state index in [1.54, 1.807) is 11.3 Å². The number of nitro benzene ring substituents is 1. The standard InChI is InChI=1S/C25H31NO7S/c1-24(2,3)33-22(27)21-18-15-25(4,5)13-12-19(18)34-20(21)7-6-14-31-23(28)32-17-10-8-16(9-11-17)26(29)30/h8-11H,6-7,12-15H2,1-5H3. The second-order valence-corrected chi connectivity index (χ2v) is 11.4. The van der Waals surface area contributed by atoms with Crippen molar-refractivity contribution in [3.05, 3.63) is 55.3 Å². The van der Waals surface area contributed by atoms with Crippen molar-refractivity contribution in [2.24, 2.45) is 5.41 Å². The first-order chi connectivity index (χ1) is 15.8. The maximum Gasteiger partial charge on any atom is 0.513 e. The lowest BCUT2D eigenvalue weighted by Gasteiger charge is -2.30. The van der Waals surface area contributed by atoms with Crippen LogP contribution in [0, 0.1) is 15.5 Å². The SMILES string of the molecule is CC1(C)CCc2sc(CCCOC(=O)Oc3ccc([N+](=O)[O-])cc3)c(C(=O)OC(C)(C)C)c2C1. The van der Waals surface area contributed by atoms with Gasteiger partial charge in [0, 0.05) is 21.9 Å². The molecule has 1 heterocycles. The van der Waals surface area contributed by atoms with E-state index in [1.165, 1.54) is 29.1 Å². The van der Waals surface area contributed by atoms with Gasteiger partial charge in [0.1, 0.15) is 11.4 Å². The monoisotopic (exact) mass is 489 g/mol. The van der Waals surface area contributed by atoms with Crippen LogP contribution in [0.4, 0.5) is 10.5 Å². The fourth-order valence-electron chi connectivity index (χ4n) is 3.87. The van der Waals surface area contributed by atoms with E-state index in [0.29, 0.717) is 18.4 Å². The number of ether oxygens (including phenoxy) is 3. The summed E-state index contributed by atoms with van der Waals surface area (Å²) in [6, 6.07) is 5.18. The van der Waals surface area contributed by atoms with Crippen LogP contribution in [0.5, 0.6) is 5.75 Å². The summed E-state index contributed by atoms with van der Waals surface area (Å²) in [6.45, 7) is 10.1. The maximum atomic E-state index is 13.1. The molecule has 0 atom stereocenters. The molecule has 3 rings (SSSR count). The number of carbonyl (C=O) groups is 2. The number of non-ortho nitro benzene ring substituents is 1. The molecule has 1 aliphatic rings. The summed E-state index contributed by atoms with van der Waals surface area (Å²) >= 11 is 1.65. The Kier molecular flexibility index (Phi) is 7.65. The van der Waals surface area contributed by atoms with Crippen molar-refractivity contribution < 1.29 is 28.7 Å². The average Bonchev–Trinajstić information content (AvgIpc) is 3.06. The number of rotatable bonds is 7. The van der Waals surface area contributed by atoms with Crippen molar-refractivity contribution in [2.45, 2.75) is 72.3 Å². The molecule has 0 fully saturated rings. The lowest BCUT2D eigenvalue weighted by Crippen LogP contribution is -2.27. The van der Waals surface area contributed by atoms with Crippen molar-refractivity contribution >= 4 is 29.1 Å². The van der Waals surface area contributed by atoms with Crippen LogP contribution in [0.2, 0.25) is 0 Å². The third-order valence-corrected chi connectivity index (χ3v) is 6.82. The van der Waals surface area contributed by atoms with E-state index in [9.17, 15) is 19.7 Å². The van der Waals surface area contributed by atoms with Gasteiger partial charge in [-0.05, 0) is 76.0 Å². The summed E-state index contributed by atoms with van der Waals surface area (Å²) in [7, 11) is 0. The smallest absolute Gasteiger partial charge is 0.456 e. The Morgan fingerprint density at radius 2 is 1.85 bits per heavy atom. The molecule has 1 aromatic heterocycles. The van der Waals surface area contributed by atoms with E-state index < -0.39 is 16.7 Å². The van der Waals surface area contributed by atoms with Crippen LogP contribution in [-0.2, 0) is 28.7 Å². The molecular weight excluding hydrogens is 458 g/mol. The number of hydrogen-bond acceptors (Lipinski definition) is 8. The number of hydrogen-bond donors (Lipinski definition) is 0. The minimum atomic E-state index is -0.881. The van der Waals surface area contributed by atoms with Crippen molar-refractivity contribution in [1.29, 1.82) is 0 Å². The fraction of sp³-hybridized carbons (Fsp3) is 0.520. The molecule has 0 saturated carbocycles. The number of nitro groups is 1. The molecule has 0 unspecified atom stereocenters. The highest BCUT2D eigenvalue weighted by molar-refractivity contribution is 7.12. The molecule has 0 bridgehead atoms. The van der Waals surface area contributed by atoms with E-state index in [4.69, 9.17) is 14.2 Å². The van der Waals surface area contributed by atoms with Gasteiger partial charge >= 0.3 is 12.1 Å². The summed E-state index contributed by atoms with van der Waals surface area (Å²) in [6.07, 6.45) is 3.08. The number of aryl methyl sites for hydroxylation is 2. The molecule has 0 aliphatic heterocycles. The predicted octanol–water partition coefficient (Wildman–Crippen LogP) is 6.27. The van der Waals surface area contributed by atoms with Gasteiger partial charge in [-0.25, -0.2) is 9.59 Å². The molecule has 0 saturated heterocycles. The molecule has 0 spiro atoms. The molecule has 184 valence electrons. The van der Waals surface area contributed by atoms with Gasteiger partial charge in [0.15, 0.2) is 0 Å². The summed E-state index contributed by atoms with van der Waals surface area (Å²) in [4.78, 5) is 37.4. The van der Waals surface area contributed by atoms with Crippen LogP contribution in [0.1, 0.15) is 73.1 Å². The first kappa shape index (κ1) is 25.7. The summed E-state index contributed by atoms with van der Waals surface area (Å²) in [5, 5.41) is 10.7. The Balaban J connectivity index is 1.61. The summed E-state index contributed by atoms with van der Waals surface area (Å²) < 4.78 is 15.9. The van der Waals surface area contributed by atoms with Crippen LogP contribution in [0.15, 0.2) is 24.3 Å². The number of thiophene rings is 1. The number of benzene rings is 1. The molecule has 1 aromatic carbocycles. The van der Waals surface area contributed by atoms with Crippen LogP contribution in [0.3, 0.4) is 0 Å². The maximum absolute atomic E-state index is 13.1. The van der Waals surface area contributed by atoms with Crippen molar-refractivity contribution in [3.63, 3.8) is 0 Å². The Labute approximate surface area is 203 Å². The highest BCUT2D eigenvalue weighted by Gasteiger charge is 2.34. The molecule has 8 nitrogen and oxygen atoms in total. The normalized spacial score (nSPS) is 14.7. The molecule has 0 amide bonds. The minimum absolute atomic E-state index is 0.0939. The first-order valence-corrected chi connectivity index (χ1v) is 12.1. The fourth-order valence-corrected chi connectivity index (χ4v) is 5.22. The topological polar surface area (TPSA) is 105 Å². The predicted molar refractivity (Wildman–Crippen MR) is 129 cm³/mol. The molecule has 0 N–H and O–H groups in total. The van der Waals surface area contributed by atoms with E-state index in [0.717, 1.165) is 29.7 Å². The average molecular weight is 490 g/mol. The van der Waals surface area contributed by atoms with Gasteiger partial charge < -0.3 is 14.2 Å². The molecular formula is C25H31NO7S. The first-order valence-electron chi connectivity index (χ1n) is 11.3. The van der Waals surface area contributed by atoms with E-state index in [1.807, 2.05) is 20.8 Å². The lowest BCUT2D eigenvalue weighted by molar-refractivity contribution is -0.384. The third-order valence-electron chi connectivity index (χ3n) is 5.47. The Hall–Kier alpha value is -2.94. The van der Waals surface area contributed by atoms with Gasteiger partial charge in [0.2, 0.25) is 0 Å². The third kappa shape index (κ3) is 6.79. The number of esters is 1. The zero-order chi connectivity index (χ0) is 25.1. The van der Waals surface area contributed by atoms with Gasteiger partial charge in [-0.1, -0.05) is 13.8 Å². The minimum Gasteiger partial charge on any atom is -0.456 e. The zero-order valence-corrected chi connectivity index (χ0v) is 21.1. The molecule has 2 aromatic rings. The van der Waals surface area contributed by atoms with E-state index in [-0.39, 0.29) is 29.4 Å². The highest BCUT2D eigenvalue weighted by atomic mass is 32.1. The lowest BCUT2D eigenvalue weighted by atomic mass is 9.76. The molecule has 9 heteroatoms. The van der Waals surface area contributed by atoms with Crippen molar-refractivity contribution in [1.82, 2.24) is 0 Å². The van der Waals surface area contributed by atoms with Gasteiger partial charge in [-0.3, -0.25) is 10.1 Å². The second kappa shape index (κ2) is 10.1. The van der Waals surface area contributed by atoms with Gasteiger partial charge in [0.25, 0.3) is 5.69 Å². The van der Waals surface area contributed by atoms with Crippen LogP contribution >= 0.6 is 11.3 Å². The van der Waals surface area contributed by atoms with Crippen molar-refractivity contribution in [2.75, 3.05) is 6.61 Å². The summed E-state index contributed by atoms with van der Waals surface area (Å²) in [5.74, 6) is -0.132. The molecule has 34 heavy (non-hydrogen) atoms. The quantitative estimate of drug-likeness (QED) is 0.148. The Bertz CT molecular complexity index is 1060. The van der Waals surface area contributed by atoms with E-state index >= 15 is 0 Å². The van der Waals surface area contributed by atoms with Gasteiger partial charge in [-0.15, -0.1) is 11.3 Å². The van der Waals surface area contributed by atoms with E-state index in [2.05, 4.69) is 13.8 Å². The Morgan fingerprint density at radius 3 is 2.47 bits per heavy atom. The largest absolute Gasteiger partial charge is 0.513 e. The number of fused-ring (bicyclic) bond motifs is 1. The van der Waals surface area contributed by atoms with Crippen LogP contribution in [-0.4, -0.2) is 29.3 Å². The summed E-state index contributed by atoms with van der Waals surface area (Å²) in [5.41, 5.74) is 1.23. The zero-order valence-electron chi connectivity index (χ0n) is 20.3. The Morgan fingerprint density at radius 1 is 1.18 bits per heavy atom. The van der Waals surface area contributed by atoms with Crippen molar-refractivity contribution in [3.8, 4) is 5.75 Å². The highest BCUT2D eigenvalue weighted by Crippen LogP contribution is 2.42. The molecule has 0 radical (unpaired) electrons. The molecule has 1 aliphatic carbocycles. The van der Waals surface area contributed by atoms with Crippen LogP contribution < -0.4 is 4.74 Å². The number of carbonyl (C=O) groups excluding carboxylic acids is 2. The van der Waals surface area contributed by atoms with Gasteiger partial charge in [0.05, 0.1) is 17.1 Å².